The number of halogens is 1. The number of nitrogens with one attached hydrogen (secondary N) is 2. The standard InChI is InChI=1S/C25H30FN5O3/c26-20-10-18(24(29)32)8-9-19(20)14-31(34)21-12-17(23(27)28)7-6-16(21)11-22(31)25(33)30-13-15-4-2-1-3-5-15/h6-10,12,15,22H,1-5,11,13-14H2,(H3,27,28)(H2,29,32)(H,30,33). The second-order valence-corrected chi connectivity index (χ2v) is 9.35. The van der Waals surface area contributed by atoms with E-state index >= 15 is 0 Å². The van der Waals surface area contributed by atoms with Gasteiger partial charge in [0, 0.05) is 41.3 Å². The number of carbonyl (C=O) groups excluding carboxylic acids is 2. The topological polar surface area (TPSA) is 145 Å². The first-order valence-corrected chi connectivity index (χ1v) is 11.6. The minimum absolute atomic E-state index is 0.00108. The first-order valence-electron chi connectivity index (χ1n) is 11.6. The Morgan fingerprint density at radius 3 is 2.44 bits per heavy atom. The molecule has 1 aliphatic heterocycles. The summed E-state index contributed by atoms with van der Waals surface area (Å²) in [5.74, 6) is -1.67. The van der Waals surface area contributed by atoms with E-state index in [0.717, 1.165) is 31.7 Å². The molecule has 2 amide bonds. The summed E-state index contributed by atoms with van der Waals surface area (Å²) in [5, 5.41) is 25.1. The molecular weight excluding hydrogens is 437 g/mol. The molecule has 0 aromatic heterocycles. The largest absolute Gasteiger partial charge is 0.627 e. The molecule has 180 valence electrons. The van der Waals surface area contributed by atoms with Gasteiger partial charge >= 0.3 is 0 Å². The van der Waals surface area contributed by atoms with Crippen molar-refractivity contribution in [3.8, 4) is 0 Å². The van der Waals surface area contributed by atoms with Gasteiger partial charge < -0.3 is 26.6 Å². The van der Waals surface area contributed by atoms with E-state index in [1.54, 1.807) is 12.1 Å². The van der Waals surface area contributed by atoms with Crippen LogP contribution in [0.15, 0.2) is 36.4 Å². The summed E-state index contributed by atoms with van der Waals surface area (Å²) in [6, 6.07) is 7.61. The van der Waals surface area contributed by atoms with Crippen molar-refractivity contribution in [2.24, 2.45) is 17.4 Å². The molecule has 34 heavy (non-hydrogen) atoms. The third-order valence-electron chi connectivity index (χ3n) is 7.06. The summed E-state index contributed by atoms with van der Waals surface area (Å²) < 4.78 is 13.7. The van der Waals surface area contributed by atoms with Crippen molar-refractivity contribution >= 4 is 23.3 Å². The fraction of sp³-hybridized carbons (Fsp3) is 0.400. The van der Waals surface area contributed by atoms with Crippen LogP contribution >= 0.6 is 0 Å². The van der Waals surface area contributed by atoms with Gasteiger partial charge in [-0.05, 0) is 37.0 Å². The molecule has 1 heterocycles. The lowest BCUT2D eigenvalue weighted by molar-refractivity contribution is -0.125. The fourth-order valence-electron chi connectivity index (χ4n) is 5.09. The van der Waals surface area contributed by atoms with Gasteiger partial charge in [-0.25, -0.2) is 4.39 Å². The molecule has 0 radical (unpaired) electrons. The number of carbonyl (C=O) groups is 2. The van der Waals surface area contributed by atoms with Crippen molar-refractivity contribution < 1.29 is 14.0 Å². The zero-order valence-corrected chi connectivity index (χ0v) is 19.0. The van der Waals surface area contributed by atoms with E-state index < -0.39 is 22.4 Å². The SMILES string of the molecule is N=C(N)c1ccc2c(c1)[N+]([O-])(Cc1ccc(C(N)=O)cc1F)C(C(=O)NCC1CCCCC1)C2. The van der Waals surface area contributed by atoms with Crippen LogP contribution in [-0.2, 0) is 17.8 Å². The Balaban J connectivity index is 1.65. The third kappa shape index (κ3) is 4.67. The predicted octanol–water partition coefficient (Wildman–Crippen LogP) is 2.84. The maximum Gasteiger partial charge on any atom is 0.279 e. The van der Waals surface area contributed by atoms with Crippen molar-refractivity contribution in [1.29, 1.82) is 5.41 Å². The highest BCUT2D eigenvalue weighted by atomic mass is 19.1. The molecule has 1 saturated carbocycles. The number of hydrogen-bond acceptors (Lipinski definition) is 4. The number of amides is 2. The number of hydroxylamine groups is 2. The number of nitrogen functional groups attached to an aromatic ring is 1. The Morgan fingerprint density at radius 1 is 1.09 bits per heavy atom. The summed E-state index contributed by atoms with van der Waals surface area (Å²) in [4.78, 5) is 24.6. The summed E-state index contributed by atoms with van der Waals surface area (Å²) >= 11 is 0. The number of amidine groups is 1. The Kier molecular flexibility index (Phi) is 6.67. The minimum Gasteiger partial charge on any atom is -0.627 e. The molecule has 2 unspecified atom stereocenters. The van der Waals surface area contributed by atoms with Crippen LogP contribution in [0.3, 0.4) is 0 Å². The highest BCUT2D eigenvalue weighted by Gasteiger charge is 2.45. The van der Waals surface area contributed by atoms with Crippen LogP contribution in [0.5, 0.6) is 0 Å². The Morgan fingerprint density at radius 2 is 1.79 bits per heavy atom. The number of hydrogen-bond donors (Lipinski definition) is 4. The van der Waals surface area contributed by atoms with Gasteiger partial charge in [-0.3, -0.25) is 15.0 Å². The molecule has 0 bridgehead atoms. The average Bonchev–Trinajstić information content (AvgIpc) is 3.11. The number of fused-ring (bicyclic) bond motifs is 1. The van der Waals surface area contributed by atoms with Gasteiger partial charge in [0.2, 0.25) is 5.91 Å². The van der Waals surface area contributed by atoms with Crippen molar-refractivity contribution in [2.75, 3.05) is 6.54 Å². The molecule has 0 spiro atoms. The number of nitrogens with two attached hydrogens (primary N) is 2. The number of rotatable bonds is 7. The van der Waals surface area contributed by atoms with Gasteiger partial charge in [0.05, 0.1) is 0 Å². The normalized spacial score (nSPS) is 22.2. The molecule has 9 heteroatoms. The Hall–Kier alpha value is -3.30. The van der Waals surface area contributed by atoms with Crippen LogP contribution in [0, 0.1) is 22.4 Å². The minimum atomic E-state index is -1.10. The van der Waals surface area contributed by atoms with Gasteiger partial charge in [-0.2, -0.15) is 0 Å². The lowest BCUT2D eigenvalue weighted by Crippen LogP contribution is -2.56. The number of quaternary nitrogens is 1. The van der Waals surface area contributed by atoms with E-state index in [4.69, 9.17) is 16.9 Å². The molecule has 4 rings (SSSR count). The van der Waals surface area contributed by atoms with E-state index in [0.29, 0.717) is 29.3 Å². The molecule has 2 aromatic carbocycles. The summed E-state index contributed by atoms with van der Waals surface area (Å²) in [6.07, 6.45) is 5.82. The molecule has 1 aliphatic carbocycles. The van der Waals surface area contributed by atoms with Gasteiger partial charge in [0.15, 0.2) is 6.04 Å². The quantitative estimate of drug-likeness (QED) is 0.215. The Labute approximate surface area is 197 Å². The van der Waals surface area contributed by atoms with Crippen LogP contribution in [0.25, 0.3) is 0 Å². The van der Waals surface area contributed by atoms with E-state index in [1.807, 2.05) is 0 Å². The fourth-order valence-corrected chi connectivity index (χ4v) is 5.09. The van der Waals surface area contributed by atoms with Gasteiger partial charge in [0.1, 0.15) is 23.9 Å². The molecule has 6 N–H and O–H groups in total. The van der Waals surface area contributed by atoms with Gasteiger partial charge in [-0.15, -0.1) is 0 Å². The van der Waals surface area contributed by atoms with E-state index in [9.17, 15) is 19.2 Å². The first kappa shape index (κ1) is 23.8. The average molecular weight is 468 g/mol. The monoisotopic (exact) mass is 467 g/mol. The highest BCUT2D eigenvalue weighted by molar-refractivity contribution is 5.97. The van der Waals surface area contributed by atoms with Crippen LogP contribution in [-0.4, -0.2) is 30.2 Å². The van der Waals surface area contributed by atoms with Gasteiger partial charge in [-0.1, -0.05) is 31.4 Å². The third-order valence-corrected chi connectivity index (χ3v) is 7.06. The highest BCUT2D eigenvalue weighted by Crippen LogP contribution is 2.41. The zero-order valence-electron chi connectivity index (χ0n) is 19.0. The molecule has 2 atom stereocenters. The molecule has 8 nitrogen and oxygen atoms in total. The van der Waals surface area contributed by atoms with Crippen molar-refractivity contribution in [1.82, 2.24) is 9.96 Å². The van der Waals surface area contributed by atoms with E-state index in [1.165, 1.54) is 24.6 Å². The van der Waals surface area contributed by atoms with Crippen molar-refractivity contribution in [3.63, 3.8) is 0 Å². The summed E-state index contributed by atoms with van der Waals surface area (Å²) in [5.41, 5.74) is 12.3. The lowest BCUT2D eigenvalue weighted by atomic mass is 9.89. The van der Waals surface area contributed by atoms with Crippen LogP contribution in [0.2, 0.25) is 0 Å². The first-order chi connectivity index (χ1) is 16.2. The zero-order chi connectivity index (χ0) is 24.5. The maximum absolute atomic E-state index is 14.8. The Bertz CT molecular complexity index is 1130. The van der Waals surface area contributed by atoms with Crippen LogP contribution < -0.4 is 21.4 Å². The molecule has 1 fully saturated rings. The van der Waals surface area contributed by atoms with E-state index in [2.05, 4.69) is 5.32 Å². The van der Waals surface area contributed by atoms with E-state index in [-0.39, 0.29) is 35.8 Å². The smallest absolute Gasteiger partial charge is 0.279 e. The number of benzene rings is 2. The second-order valence-electron chi connectivity index (χ2n) is 9.35. The van der Waals surface area contributed by atoms with Crippen LogP contribution in [0.4, 0.5) is 10.1 Å². The molecule has 2 aromatic rings. The molecule has 0 saturated heterocycles. The van der Waals surface area contributed by atoms with Crippen LogP contribution in [0.1, 0.15) is 59.2 Å². The molecular formula is C25H30FN5O3. The molecule has 2 aliphatic rings. The van der Waals surface area contributed by atoms with Crippen molar-refractivity contribution in [2.45, 2.75) is 51.1 Å². The second kappa shape index (κ2) is 9.52. The maximum atomic E-state index is 14.8. The van der Waals surface area contributed by atoms with Gasteiger partial charge in [0.25, 0.3) is 5.91 Å². The van der Waals surface area contributed by atoms with Crippen molar-refractivity contribution in [3.05, 3.63) is 69.7 Å². The summed E-state index contributed by atoms with van der Waals surface area (Å²) in [7, 11) is 0. The number of nitrogens with zero attached hydrogens (tertiary/aromatic N) is 1. The summed E-state index contributed by atoms with van der Waals surface area (Å²) in [6.45, 7) is 0.173. The predicted molar refractivity (Wildman–Crippen MR) is 128 cm³/mol. The number of primary amides is 1. The lowest BCUT2D eigenvalue weighted by Gasteiger charge is -2.43.